The van der Waals surface area contributed by atoms with E-state index in [1.54, 1.807) is 0 Å². The van der Waals surface area contributed by atoms with Crippen molar-refractivity contribution in [3.05, 3.63) is 71.8 Å². The summed E-state index contributed by atoms with van der Waals surface area (Å²) in [6, 6.07) is 20.0. The van der Waals surface area contributed by atoms with E-state index in [-0.39, 0.29) is 25.1 Å². The average Bonchev–Trinajstić information content (AvgIpc) is 3.37. The van der Waals surface area contributed by atoms with Gasteiger partial charge in [0, 0.05) is 6.42 Å². The molecule has 1 N–H and O–H groups in total. The number of epoxide rings is 1. The first kappa shape index (κ1) is 16.1. The van der Waals surface area contributed by atoms with Crippen LogP contribution in [0.3, 0.4) is 0 Å². The van der Waals surface area contributed by atoms with E-state index >= 15 is 0 Å². The van der Waals surface area contributed by atoms with Crippen molar-refractivity contribution in [1.82, 2.24) is 0 Å². The zero-order valence-electron chi connectivity index (χ0n) is 13.0. The highest BCUT2D eigenvalue weighted by molar-refractivity contribution is 5.14. The SMILES string of the molecule is OC[C@H]1O[C@@H]1CC(OCc1ccccc1)OCc1ccccc1. The van der Waals surface area contributed by atoms with Crippen molar-refractivity contribution in [2.45, 2.75) is 38.1 Å². The molecule has 0 amide bonds. The smallest absolute Gasteiger partial charge is 0.161 e. The maximum absolute atomic E-state index is 9.10. The normalized spacial score (nSPS) is 19.9. The van der Waals surface area contributed by atoms with E-state index in [1.807, 2.05) is 60.7 Å². The van der Waals surface area contributed by atoms with Gasteiger partial charge in [0.1, 0.15) is 6.10 Å². The highest BCUT2D eigenvalue weighted by Crippen LogP contribution is 2.28. The molecule has 4 heteroatoms. The molecule has 4 nitrogen and oxygen atoms in total. The number of rotatable bonds is 9. The molecule has 1 aliphatic heterocycles. The lowest BCUT2D eigenvalue weighted by Gasteiger charge is -2.18. The van der Waals surface area contributed by atoms with Crippen LogP contribution in [0.1, 0.15) is 17.5 Å². The highest BCUT2D eigenvalue weighted by atomic mass is 16.7. The molecular formula is C19H22O4. The van der Waals surface area contributed by atoms with Crippen molar-refractivity contribution in [2.75, 3.05) is 6.61 Å². The Hall–Kier alpha value is -1.72. The van der Waals surface area contributed by atoms with E-state index in [4.69, 9.17) is 19.3 Å². The van der Waals surface area contributed by atoms with E-state index in [0.717, 1.165) is 11.1 Å². The minimum atomic E-state index is -0.350. The van der Waals surface area contributed by atoms with Crippen LogP contribution in [0.15, 0.2) is 60.7 Å². The van der Waals surface area contributed by atoms with E-state index in [1.165, 1.54) is 0 Å². The van der Waals surface area contributed by atoms with Crippen LogP contribution in [-0.4, -0.2) is 30.2 Å². The monoisotopic (exact) mass is 314 g/mol. The Labute approximate surface area is 136 Å². The van der Waals surface area contributed by atoms with Crippen molar-refractivity contribution in [2.24, 2.45) is 0 Å². The number of hydrogen-bond acceptors (Lipinski definition) is 4. The first-order chi connectivity index (χ1) is 11.3. The van der Waals surface area contributed by atoms with Gasteiger partial charge in [-0.25, -0.2) is 0 Å². The molecule has 0 aromatic heterocycles. The van der Waals surface area contributed by atoms with Crippen molar-refractivity contribution < 1.29 is 19.3 Å². The van der Waals surface area contributed by atoms with Gasteiger partial charge in [-0.15, -0.1) is 0 Å². The first-order valence-corrected chi connectivity index (χ1v) is 7.92. The molecule has 0 aliphatic carbocycles. The Morgan fingerprint density at radius 3 is 1.78 bits per heavy atom. The quantitative estimate of drug-likeness (QED) is 0.571. The van der Waals surface area contributed by atoms with Crippen molar-refractivity contribution >= 4 is 0 Å². The molecule has 3 rings (SSSR count). The molecule has 2 atom stereocenters. The first-order valence-electron chi connectivity index (χ1n) is 7.92. The third kappa shape index (κ3) is 5.15. The van der Waals surface area contributed by atoms with Crippen LogP contribution in [0.2, 0.25) is 0 Å². The highest BCUT2D eigenvalue weighted by Gasteiger charge is 2.40. The van der Waals surface area contributed by atoms with Crippen LogP contribution in [-0.2, 0) is 27.4 Å². The molecule has 0 radical (unpaired) electrons. The minimum absolute atomic E-state index is 0.0246. The van der Waals surface area contributed by atoms with Crippen LogP contribution < -0.4 is 0 Å². The molecule has 1 fully saturated rings. The number of aliphatic hydroxyl groups excluding tert-OH is 1. The fourth-order valence-corrected chi connectivity index (χ4v) is 2.45. The zero-order chi connectivity index (χ0) is 15.9. The van der Waals surface area contributed by atoms with E-state index in [0.29, 0.717) is 19.6 Å². The third-order valence-electron chi connectivity index (χ3n) is 3.85. The van der Waals surface area contributed by atoms with Gasteiger partial charge in [0.05, 0.1) is 25.9 Å². The molecule has 1 saturated heterocycles. The second kappa shape index (κ2) is 8.22. The molecule has 122 valence electrons. The number of ether oxygens (including phenoxy) is 3. The molecule has 0 bridgehead atoms. The summed E-state index contributed by atoms with van der Waals surface area (Å²) in [4.78, 5) is 0. The lowest BCUT2D eigenvalue weighted by Crippen LogP contribution is -2.20. The summed E-state index contributed by atoms with van der Waals surface area (Å²) in [5.41, 5.74) is 2.22. The fraction of sp³-hybridized carbons (Fsp3) is 0.368. The van der Waals surface area contributed by atoms with Crippen molar-refractivity contribution in [3.8, 4) is 0 Å². The van der Waals surface area contributed by atoms with Gasteiger partial charge in [0.25, 0.3) is 0 Å². The van der Waals surface area contributed by atoms with Crippen LogP contribution in [0, 0.1) is 0 Å². The number of benzene rings is 2. The maximum atomic E-state index is 9.10. The van der Waals surface area contributed by atoms with Gasteiger partial charge in [-0.3, -0.25) is 0 Å². The summed E-state index contributed by atoms with van der Waals surface area (Å²) in [5, 5.41) is 9.10. The topological polar surface area (TPSA) is 51.2 Å². The van der Waals surface area contributed by atoms with Crippen LogP contribution in [0.5, 0.6) is 0 Å². The van der Waals surface area contributed by atoms with E-state index in [2.05, 4.69) is 0 Å². The Bertz CT molecular complexity index is 529. The Morgan fingerprint density at radius 1 is 0.826 bits per heavy atom. The van der Waals surface area contributed by atoms with Gasteiger partial charge in [-0.2, -0.15) is 0 Å². The Balaban J connectivity index is 1.52. The zero-order valence-corrected chi connectivity index (χ0v) is 13.0. The van der Waals surface area contributed by atoms with Gasteiger partial charge in [-0.1, -0.05) is 60.7 Å². The van der Waals surface area contributed by atoms with Gasteiger partial charge < -0.3 is 19.3 Å². The fourth-order valence-electron chi connectivity index (χ4n) is 2.45. The van der Waals surface area contributed by atoms with Crippen LogP contribution >= 0.6 is 0 Å². The van der Waals surface area contributed by atoms with Crippen molar-refractivity contribution in [3.63, 3.8) is 0 Å². The van der Waals surface area contributed by atoms with Gasteiger partial charge in [0.2, 0.25) is 0 Å². The minimum Gasteiger partial charge on any atom is -0.394 e. The predicted molar refractivity (Wildman–Crippen MR) is 86.6 cm³/mol. The second-order valence-electron chi connectivity index (χ2n) is 5.65. The lowest BCUT2D eigenvalue weighted by atomic mass is 10.2. The maximum Gasteiger partial charge on any atom is 0.161 e. The van der Waals surface area contributed by atoms with Gasteiger partial charge in [-0.05, 0) is 11.1 Å². The number of hydrogen-bond donors (Lipinski definition) is 1. The average molecular weight is 314 g/mol. The molecule has 2 aromatic rings. The summed E-state index contributed by atoms with van der Waals surface area (Å²) in [5.74, 6) is 0. The molecule has 1 aliphatic rings. The Kier molecular flexibility index (Phi) is 5.77. The van der Waals surface area contributed by atoms with Crippen LogP contribution in [0.25, 0.3) is 0 Å². The molecule has 0 unspecified atom stereocenters. The Morgan fingerprint density at radius 2 is 1.35 bits per heavy atom. The lowest BCUT2D eigenvalue weighted by molar-refractivity contribution is -0.162. The standard InChI is InChI=1S/C19H22O4/c20-12-18-17(23-18)11-19(21-13-15-7-3-1-4-8-15)22-14-16-9-5-2-6-10-16/h1-10,17-20H,11-14H2/t17-,18-/m1/s1. The molecule has 1 heterocycles. The predicted octanol–water partition coefficient (Wildman–Crippen LogP) is 2.90. The summed E-state index contributed by atoms with van der Waals surface area (Å²) in [6.45, 7) is 1.04. The van der Waals surface area contributed by atoms with E-state index < -0.39 is 0 Å². The number of aliphatic hydroxyl groups is 1. The second-order valence-corrected chi connectivity index (χ2v) is 5.65. The molecule has 2 aromatic carbocycles. The summed E-state index contributed by atoms with van der Waals surface area (Å²) in [6.07, 6.45) is 0.233. The molecule has 0 saturated carbocycles. The summed E-state index contributed by atoms with van der Waals surface area (Å²) < 4.78 is 17.2. The molecule has 23 heavy (non-hydrogen) atoms. The summed E-state index contributed by atoms with van der Waals surface area (Å²) in [7, 11) is 0. The van der Waals surface area contributed by atoms with Gasteiger partial charge >= 0.3 is 0 Å². The third-order valence-corrected chi connectivity index (χ3v) is 3.85. The molecular weight excluding hydrogens is 292 g/mol. The van der Waals surface area contributed by atoms with Crippen molar-refractivity contribution in [1.29, 1.82) is 0 Å². The van der Waals surface area contributed by atoms with Gasteiger partial charge in [0.15, 0.2) is 6.29 Å². The van der Waals surface area contributed by atoms with Crippen LogP contribution in [0.4, 0.5) is 0 Å². The largest absolute Gasteiger partial charge is 0.394 e. The molecule has 0 spiro atoms. The van der Waals surface area contributed by atoms with E-state index in [9.17, 15) is 0 Å². The summed E-state index contributed by atoms with van der Waals surface area (Å²) >= 11 is 0.